The summed E-state index contributed by atoms with van der Waals surface area (Å²) in [5.41, 5.74) is 3.87. The average Bonchev–Trinajstić information content (AvgIpc) is 2.88. The maximum absolute atomic E-state index is 12.9. The molecule has 1 amide bonds. The standard InChI is InChI=1S/C29H23N3O4/c1-19-10-11-21(14-20(19)2)18-36-28-13-12-22-6-3-4-9-26(22)27(28)15-23(17-30)29(33)31-24-7-5-8-25(16-24)32(34)35/h3-16H,18H2,1-2H3,(H,31,33)/b23-15+. The Labute approximate surface area is 208 Å². The number of nitro groups is 1. The Balaban J connectivity index is 1.68. The second kappa shape index (κ2) is 10.5. The monoisotopic (exact) mass is 477 g/mol. The zero-order valence-electron chi connectivity index (χ0n) is 19.8. The number of nitrogens with one attached hydrogen (secondary N) is 1. The van der Waals surface area contributed by atoms with Crippen molar-refractivity contribution in [1.29, 1.82) is 5.26 Å². The van der Waals surface area contributed by atoms with E-state index >= 15 is 0 Å². The van der Waals surface area contributed by atoms with Gasteiger partial charge in [-0.25, -0.2) is 0 Å². The van der Waals surface area contributed by atoms with Crippen LogP contribution in [0.1, 0.15) is 22.3 Å². The van der Waals surface area contributed by atoms with E-state index in [0.717, 1.165) is 16.3 Å². The van der Waals surface area contributed by atoms with Crippen LogP contribution >= 0.6 is 0 Å². The molecule has 7 nitrogen and oxygen atoms in total. The Morgan fingerprint density at radius 2 is 1.83 bits per heavy atom. The van der Waals surface area contributed by atoms with Gasteiger partial charge in [0, 0.05) is 23.4 Å². The number of fused-ring (bicyclic) bond motifs is 1. The van der Waals surface area contributed by atoms with Crippen molar-refractivity contribution in [3.8, 4) is 11.8 Å². The van der Waals surface area contributed by atoms with Gasteiger partial charge >= 0.3 is 0 Å². The molecule has 0 radical (unpaired) electrons. The van der Waals surface area contributed by atoms with Crippen LogP contribution in [0.15, 0.2) is 84.4 Å². The van der Waals surface area contributed by atoms with Crippen molar-refractivity contribution >= 4 is 34.1 Å². The number of anilines is 1. The molecular weight excluding hydrogens is 454 g/mol. The minimum Gasteiger partial charge on any atom is -0.488 e. The Hall–Kier alpha value is -4.96. The molecule has 7 heteroatoms. The molecule has 4 rings (SSSR count). The van der Waals surface area contributed by atoms with Crippen LogP contribution < -0.4 is 10.1 Å². The van der Waals surface area contributed by atoms with Crippen molar-refractivity contribution in [1.82, 2.24) is 0 Å². The number of nitrogens with zero attached hydrogens (tertiary/aromatic N) is 2. The van der Waals surface area contributed by atoms with Gasteiger partial charge in [-0.2, -0.15) is 5.26 Å². The minimum absolute atomic E-state index is 0.158. The molecule has 36 heavy (non-hydrogen) atoms. The van der Waals surface area contributed by atoms with E-state index in [1.165, 1.54) is 41.5 Å². The van der Waals surface area contributed by atoms with Gasteiger partial charge in [-0.3, -0.25) is 14.9 Å². The largest absolute Gasteiger partial charge is 0.488 e. The molecule has 0 saturated heterocycles. The summed E-state index contributed by atoms with van der Waals surface area (Å²) in [6.07, 6.45) is 1.49. The Morgan fingerprint density at radius 3 is 2.58 bits per heavy atom. The number of carbonyl (C=O) groups excluding carboxylic acids is 1. The number of amides is 1. The molecular formula is C29H23N3O4. The highest BCUT2D eigenvalue weighted by atomic mass is 16.6. The number of benzene rings is 4. The lowest BCUT2D eigenvalue weighted by atomic mass is 10.0. The van der Waals surface area contributed by atoms with Gasteiger partial charge in [0.1, 0.15) is 24.0 Å². The first-order valence-electron chi connectivity index (χ1n) is 11.2. The highest BCUT2D eigenvalue weighted by molar-refractivity contribution is 6.11. The van der Waals surface area contributed by atoms with Crippen LogP contribution in [-0.4, -0.2) is 10.8 Å². The number of hydrogen-bond acceptors (Lipinski definition) is 5. The molecule has 0 atom stereocenters. The zero-order chi connectivity index (χ0) is 25.7. The fourth-order valence-corrected chi connectivity index (χ4v) is 3.79. The molecule has 4 aromatic carbocycles. The van der Waals surface area contributed by atoms with Crippen LogP contribution in [0.25, 0.3) is 16.8 Å². The Morgan fingerprint density at radius 1 is 1.03 bits per heavy atom. The third kappa shape index (κ3) is 5.40. The lowest BCUT2D eigenvalue weighted by molar-refractivity contribution is -0.384. The van der Waals surface area contributed by atoms with Crippen LogP contribution in [0.5, 0.6) is 5.75 Å². The van der Waals surface area contributed by atoms with Crippen LogP contribution in [0.4, 0.5) is 11.4 Å². The molecule has 0 aliphatic rings. The summed E-state index contributed by atoms with van der Waals surface area (Å²) >= 11 is 0. The fraction of sp³-hybridized carbons (Fsp3) is 0.103. The van der Waals surface area contributed by atoms with Gasteiger partial charge in [0.25, 0.3) is 11.6 Å². The van der Waals surface area contributed by atoms with Crippen LogP contribution in [0.2, 0.25) is 0 Å². The van der Waals surface area contributed by atoms with Crippen molar-refractivity contribution in [3.63, 3.8) is 0 Å². The fourth-order valence-electron chi connectivity index (χ4n) is 3.79. The van der Waals surface area contributed by atoms with Crippen LogP contribution in [0, 0.1) is 35.3 Å². The number of hydrogen-bond donors (Lipinski definition) is 1. The highest BCUT2D eigenvalue weighted by Crippen LogP contribution is 2.31. The summed E-state index contributed by atoms with van der Waals surface area (Å²) in [7, 11) is 0. The number of carbonyl (C=O) groups is 1. The number of rotatable bonds is 7. The topological polar surface area (TPSA) is 105 Å². The molecule has 4 aromatic rings. The maximum Gasteiger partial charge on any atom is 0.271 e. The van der Waals surface area contributed by atoms with Crippen molar-refractivity contribution in [2.45, 2.75) is 20.5 Å². The predicted molar refractivity (Wildman–Crippen MR) is 140 cm³/mol. The van der Waals surface area contributed by atoms with Gasteiger partial charge in [0.05, 0.1) is 4.92 Å². The molecule has 0 unspecified atom stereocenters. The Bertz CT molecular complexity index is 1550. The summed E-state index contributed by atoms with van der Waals surface area (Å²) < 4.78 is 6.15. The SMILES string of the molecule is Cc1ccc(COc2ccc3ccccc3c2/C=C(\C#N)C(=O)Nc2cccc([N+](=O)[O-])c2)cc1C. The van der Waals surface area contributed by atoms with Gasteiger partial charge in [0.2, 0.25) is 0 Å². The average molecular weight is 478 g/mol. The summed E-state index contributed by atoms with van der Waals surface area (Å²) in [5, 5.41) is 25.1. The predicted octanol–water partition coefficient (Wildman–Crippen LogP) is 6.49. The first-order chi connectivity index (χ1) is 17.4. The van der Waals surface area contributed by atoms with Crippen LogP contribution in [-0.2, 0) is 11.4 Å². The summed E-state index contributed by atoms with van der Waals surface area (Å²) in [6, 6.07) is 25.0. The van der Waals surface area contributed by atoms with E-state index in [1.807, 2.05) is 68.4 Å². The molecule has 0 aromatic heterocycles. The van der Waals surface area contributed by atoms with E-state index in [2.05, 4.69) is 11.4 Å². The number of non-ortho nitro benzene ring substituents is 1. The Kier molecular flexibility index (Phi) is 7.07. The van der Waals surface area contributed by atoms with Crippen molar-refractivity contribution in [2.75, 3.05) is 5.32 Å². The lowest BCUT2D eigenvalue weighted by Gasteiger charge is -2.13. The maximum atomic E-state index is 12.9. The summed E-state index contributed by atoms with van der Waals surface area (Å²) in [5.74, 6) is -0.145. The second-order valence-electron chi connectivity index (χ2n) is 8.34. The summed E-state index contributed by atoms with van der Waals surface area (Å²) in [6.45, 7) is 4.42. The third-order valence-electron chi connectivity index (χ3n) is 5.86. The zero-order valence-corrected chi connectivity index (χ0v) is 19.8. The van der Waals surface area contributed by atoms with Gasteiger partial charge in [-0.15, -0.1) is 0 Å². The molecule has 178 valence electrons. The van der Waals surface area contributed by atoms with Crippen molar-refractivity contribution < 1.29 is 14.5 Å². The molecule has 0 fully saturated rings. The molecule has 0 aliphatic carbocycles. The van der Waals surface area contributed by atoms with E-state index in [0.29, 0.717) is 17.9 Å². The lowest BCUT2D eigenvalue weighted by Crippen LogP contribution is -2.13. The third-order valence-corrected chi connectivity index (χ3v) is 5.86. The first-order valence-corrected chi connectivity index (χ1v) is 11.2. The van der Waals surface area contributed by atoms with Crippen molar-refractivity contribution in [3.05, 3.63) is 117 Å². The molecule has 0 heterocycles. The molecule has 0 bridgehead atoms. The van der Waals surface area contributed by atoms with E-state index in [1.54, 1.807) is 0 Å². The number of nitro benzene ring substituents is 1. The van der Waals surface area contributed by atoms with Gasteiger partial charge in [-0.05, 0) is 59.5 Å². The molecule has 0 spiro atoms. The van der Waals surface area contributed by atoms with Gasteiger partial charge in [-0.1, -0.05) is 54.6 Å². The van der Waals surface area contributed by atoms with Crippen molar-refractivity contribution in [2.24, 2.45) is 0 Å². The van der Waals surface area contributed by atoms with Gasteiger partial charge in [0.15, 0.2) is 0 Å². The normalized spacial score (nSPS) is 11.1. The number of nitriles is 1. The van der Waals surface area contributed by atoms with E-state index < -0.39 is 10.8 Å². The number of aryl methyl sites for hydroxylation is 2. The molecule has 0 saturated carbocycles. The van der Waals surface area contributed by atoms with E-state index in [-0.39, 0.29) is 16.9 Å². The molecule has 0 aliphatic heterocycles. The smallest absolute Gasteiger partial charge is 0.271 e. The quantitative estimate of drug-likeness (QED) is 0.142. The second-order valence-corrected chi connectivity index (χ2v) is 8.34. The van der Waals surface area contributed by atoms with Crippen LogP contribution in [0.3, 0.4) is 0 Å². The van der Waals surface area contributed by atoms with Gasteiger partial charge < -0.3 is 10.1 Å². The van der Waals surface area contributed by atoms with E-state index in [9.17, 15) is 20.2 Å². The number of ether oxygens (including phenoxy) is 1. The highest BCUT2D eigenvalue weighted by Gasteiger charge is 2.15. The first kappa shape index (κ1) is 24.2. The molecule has 1 N–H and O–H groups in total. The summed E-state index contributed by atoms with van der Waals surface area (Å²) in [4.78, 5) is 23.4. The van der Waals surface area contributed by atoms with E-state index in [4.69, 9.17) is 4.74 Å². The minimum atomic E-state index is -0.675.